The first-order valence-corrected chi connectivity index (χ1v) is 8.42. The fourth-order valence-corrected chi connectivity index (χ4v) is 3.72. The monoisotopic (exact) mass is 333 g/mol. The summed E-state index contributed by atoms with van der Waals surface area (Å²) in [5.41, 5.74) is 1.29. The number of nitrogens with one attached hydrogen (secondary N) is 2. The second-order valence-electron chi connectivity index (χ2n) is 5.51. The number of carbonyl (C=O) groups excluding carboxylic acids is 2. The normalized spacial score (nSPS) is 17.5. The summed E-state index contributed by atoms with van der Waals surface area (Å²) in [5, 5.41) is 7.04. The van der Waals surface area contributed by atoms with Crippen LogP contribution in [0.1, 0.15) is 29.2 Å². The second-order valence-corrected chi connectivity index (χ2v) is 6.51. The molecule has 0 saturated heterocycles. The van der Waals surface area contributed by atoms with Crippen LogP contribution in [0.5, 0.6) is 0 Å². The number of fused-ring (bicyclic) bond motifs is 1. The third kappa shape index (κ3) is 3.80. The predicted octanol–water partition coefficient (Wildman–Crippen LogP) is 2.29. The van der Waals surface area contributed by atoms with Crippen molar-refractivity contribution in [1.29, 1.82) is 0 Å². The molecular weight excluding hydrogens is 314 g/mol. The second kappa shape index (κ2) is 6.97. The Morgan fingerprint density at radius 2 is 2.30 bits per heavy atom. The zero-order valence-corrected chi connectivity index (χ0v) is 13.7. The van der Waals surface area contributed by atoms with Crippen LogP contribution in [0.2, 0.25) is 0 Å². The average molecular weight is 333 g/mol. The number of amides is 3. The number of urea groups is 1. The number of furan rings is 1. The SMILES string of the molecule is CC1c2ccsc2CCN1CC(=O)NC(=O)NCc1ccco1. The van der Waals surface area contributed by atoms with Crippen LogP contribution in [-0.2, 0) is 17.8 Å². The molecule has 0 saturated carbocycles. The zero-order chi connectivity index (χ0) is 16.2. The smallest absolute Gasteiger partial charge is 0.321 e. The molecule has 0 bridgehead atoms. The molecule has 3 rings (SSSR count). The minimum atomic E-state index is -0.507. The minimum Gasteiger partial charge on any atom is -0.467 e. The highest BCUT2D eigenvalue weighted by Gasteiger charge is 2.26. The van der Waals surface area contributed by atoms with E-state index in [9.17, 15) is 9.59 Å². The maximum atomic E-state index is 12.0. The summed E-state index contributed by atoms with van der Waals surface area (Å²) in [4.78, 5) is 27.3. The van der Waals surface area contributed by atoms with Gasteiger partial charge in [0.2, 0.25) is 5.91 Å². The van der Waals surface area contributed by atoms with E-state index >= 15 is 0 Å². The molecule has 0 radical (unpaired) electrons. The fourth-order valence-electron chi connectivity index (χ4n) is 2.75. The highest BCUT2D eigenvalue weighted by Crippen LogP contribution is 2.32. The summed E-state index contributed by atoms with van der Waals surface area (Å²) in [6, 6.07) is 5.31. The summed E-state index contributed by atoms with van der Waals surface area (Å²) in [6.45, 7) is 3.39. The van der Waals surface area contributed by atoms with E-state index in [4.69, 9.17) is 4.42 Å². The first kappa shape index (κ1) is 15.8. The third-order valence-corrected chi connectivity index (χ3v) is 5.00. The Kier molecular flexibility index (Phi) is 4.78. The lowest BCUT2D eigenvalue weighted by Crippen LogP contribution is -2.46. The quantitative estimate of drug-likeness (QED) is 0.900. The Labute approximate surface area is 138 Å². The third-order valence-electron chi connectivity index (χ3n) is 4.01. The van der Waals surface area contributed by atoms with Crippen LogP contribution in [0.4, 0.5) is 4.79 Å². The van der Waals surface area contributed by atoms with Gasteiger partial charge in [-0.25, -0.2) is 4.79 Å². The lowest BCUT2D eigenvalue weighted by atomic mass is 10.0. The van der Waals surface area contributed by atoms with Crippen molar-refractivity contribution in [3.8, 4) is 0 Å². The maximum absolute atomic E-state index is 12.0. The first-order valence-electron chi connectivity index (χ1n) is 7.54. The van der Waals surface area contributed by atoms with Gasteiger partial charge in [0.05, 0.1) is 19.4 Å². The summed E-state index contributed by atoms with van der Waals surface area (Å²) in [6.07, 6.45) is 2.49. The van der Waals surface area contributed by atoms with Gasteiger partial charge in [-0.15, -0.1) is 11.3 Å². The van der Waals surface area contributed by atoms with E-state index in [2.05, 4.69) is 33.9 Å². The lowest BCUT2D eigenvalue weighted by molar-refractivity contribution is -0.121. The number of hydrogen-bond acceptors (Lipinski definition) is 5. The highest BCUT2D eigenvalue weighted by atomic mass is 32.1. The van der Waals surface area contributed by atoms with Gasteiger partial charge in [-0.3, -0.25) is 15.0 Å². The molecule has 2 aromatic heterocycles. The van der Waals surface area contributed by atoms with Crippen LogP contribution < -0.4 is 10.6 Å². The molecule has 0 fully saturated rings. The Hall–Kier alpha value is -2.12. The molecule has 1 aliphatic rings. The van der Waals surface area contributed by atoms with E-state index in [1.165, 1.54) is 16.7 Å². The predicted molar refractivity (Wildman–Crippen MR) is 87.1 cm³/mol. The number of rotatable bonds is 4. The molecule has 7 heteroatoms. The van der Waals surface area contributed by atoms with E-state index in [-0.39, 0.29) is 25.0 Å². The Morgan fingerprint density at radius 1 is 1.43 bits per heavy atom. The van der Waals surface area contributed by atoms with Gasteiger partial charge >= 0.3 is 6.03 Å². The zero-order valence-electron chi connectivity index (χ0n) is 12.9. The van der Waals surface area contributed by atoms with Crippen molar-refractivity contribution >= 4 is 23.3 Å². The standard InChI is InChI=1S/C16H19N3O3S/c1-11-13-5-8-23-14(13)4-6-19(11)10-15(20)18-16(21)17-9-12-3-2-7-22-12/h2-3,5,7-8,11H,4,6,9-10H2,1H3,(H2,17,18,20,21). The molecule has 2 aromatic rings. The number of carbonyl (C=O) groups is 2. The van der Waals surface area contributed by atoms with Crippen LogP contribution in [-0.4, -0.2) is 29.9 Å². The van der Waals surface area contributed by atoms with Crippen molar-refractivity contribution in [2.24, 2.45) is 0 Å². The van der Waals surface area contributed by atoms with Gasteiger partial charge in [0.1, 0.15) is 5.76 Å². The highest BCUT2D eigenvalue weighted by molar-refractivity contribution is 7.10. The molecule has 1 atom stereocenters. The summed E-state index contributed by atoms with van der Waals surface area (Å²) in [5.74, 6) is 0.342. The minimum absolute atomic E-state index is 0.196. The topological polar surface area (TPSA) is 74.6 Å². The van der Waals surface area contributed by atoms with Crippen LogP contribution in [0.3, 0.4) is 0 Å². The molecule has 3 heterocycles. The molecule has 6 nitrogen and oxygen atoms in total. The van der Waals surface area contributed by atoms with E-state index in [0.717, 1.165) is 13.0 Å². The van der Waals surface area contributed by atoms with Crippen LogP contribution in [0.25, 0.3) is 0 Å². The fraction of sp³-hybridized carbons (Fsp3) is 0.375. The van der Waals surface area contributed by atoms with Crippen LogP contribution >= 0.6 is 11.3 Å². The van der Waals surface area contributed by atoms with Gasteiger partial charge < -0.3 is 9.73 Å². The van der Waals surface area contributed by atoms with Crippen molar-refractivity contribution < 1.29 is 14.0 Å². The van der Waals surface area contributed by atoms with Gasteiger partial charge in [-0.2, -0.15) is 0 Å². The van der Waals surface area contributed by atoms with Crippen molar-refractivity contribution in [2.75, 3.05) is 13.1 Å². The largest absolute Gasteiger partial charge is 0.467 e. The average Bonchev–Trinajstić information content (AvgIpc) is 3.19. The number of hydrogen-bond donors (Lipinski definition) is 2. The van der Waals surface area contributed by atoms with E-state index in [1.54, 1.807) is 23.5 Å². The number of nitrogens with zero attached hydrogens (tertiary/aromatic N) is 1. The molecular formula is C16H19N3O3S. The molecule has 3 amide bonds. The maximum Gasteiger partial charge on any atom is 0.321 e. The molecule has 0 aromatic carbocycles. The van der Waals surface area contributed by atoms with Crippen LogP contribution in [0, 0.1) is 0 Å². The molecule has 2 N–H and O–H groups in total. The molecule has 0 aliphatic carbocycles. The Balaban J connectivity index is 1.47. The first-order chi connectivity index (χ1) is 11.1. The number of imide groups is 1. The molecule has 23 heavy (non-hydrogen) atoms. The van der Waals surface area contributed by atoms with E-state index in [0.29, 0.717) is 5.76 Å². The van der Waals surface area contributed by atoms with E-state index in [1.807, 2.05) is 0 Å². The Bertz CT molecular complexity index is 681. The van der Waals surface area contributed by atoms with Gasteiger partial charge in [-0.1, -0.05) is 0 Å². The van der Waals surface area contributed by atoms with Crippen molar-refractivity contribution in [3.63, 3.8) is 0 Å². The molecule has 122 valence electrons. The molecule has 1 unspecified atom stereocenters. The number of thiophene rings is 1. The summed E-state index contributed by atoms with van der Waals surface area (Å²) >= 11 is 1.77. The van der Waals surface area contributed by atoms with E-state index < -0.39 is 6.03 Å². The van der Waals surface area contributed by atoms with Gasteiger partial charge in [0.25, 0.3) is 0 Å². The summed E-state index contributed by atoms with van der Waals surface area (Å²) < 4.78 is 5.12. The summed E-state index contributed by atoms with van der Waals surface area (Å²) in [7, 11) is 0. The van der Waals surface area contributed by atoms with Gasteiger partial charge in [-0.05, 0) is 42.5 Å². The van der Waals surface area contributed by atoms with Gasteiger partial charge in [0, 0.05) is 17.5 Å². The Morgan fingerprint density at radius 3 is 3.09 bits per heavy atom. The molecule has 0 spiro atoms. The van der Waals surface area contributed by atoms with Gasteiger partial charge in [0.15, 0.2) is 0 Å². The molecule has 1 aliphatic heterocycles. The van der Waals surface area contributed by atoms with Crippen molar-refractivity contribution in [3.05, 3.63) is 46.0 Å². The van der Waals surface area contributed by atoms with Crippen molar-refractivity contribution in [1.82, 2.24) is 15.5 Å². The van der Waals surface area contributed by atoms with Crippen LogP contribution in [0.15, 0.2) is 34.3 Å². The van der Waals surface area contributed by atoms with Crippen molar-refractivity contribution in [2.45, 2.75) is 25.9 Å². The lowest BCUT2D eigenvalue weighted by Gasteiger charge is -2.32.